The second-order valence-electron chi connectivity index (χ2n) is 0.408. The van der Waals surface area contributed by atoms with Gasteiger partial charge in [-0.2, -0.15) is 0 Å². The summed E-state index contributed by atoms with van der Waals surface area (Å²) in [4.78, 5) is 0. The molecule has 0 spiro atoms. The van der Waals surface area contributed by atoms with Gasteiger partial charge in [-0.3, -0.25) is 0 Å². The molecule has 0 radical (unpaired) electrons. The van der Waals surface area contributed by atoms with Crippen molar-refractivity contribution in [2.75, 3.05) is 12.9 Å². The highest BCUT2D eigenvalue weighted by Gasteiger charge is 1.54. The summed E-state index contributed by atoms with van der Waals surface area (Å²) in [7, 11) is 1.06. The normalized spacial score (nSPS) is 8.40. The molecule has 0 nitrogen and oxygen atoms in total. The van der Waals surface area contributed by atoms with Crippen molar-refractivity contribution >= 4 is 31.6 Å². The first kappa shape index (κ1) is 9.42. The zero-order valence-corrected chi connectivity index (χ0v) is 5.95. The molecule has 5 heavy (non-hydrogen) atoms. The molecule has 3 heteroatoms. The van der Waals surface area contributed by atoms with E-state index in [2.05, 4.69) is 12.9 Å². The maximum atomic E-state index is 2.17. The van der Waals surface area contributed by atoms with E-state index in [1.54, 1.807) is 0 Å². The van der Waals surface area contributed by atoms with Crippen LogP contribution in [0, 0.1) is 0 Å². The maximum absolute atomic E-state index is 2.17. The van der Waals surface area contributed by atoms with E-state index in [0.717, 1.165) is 7.78 Å². The molecule has 0 rings (SSSR count). The van der Waals surface area contributed by atoms with Gasteiger partial charge in [0.25, 0.3) is 0 Å². The molecule has 0 amide bonds. The Morgan fingerprint density at radius 3 is 1.80 bits per heavy atom. The third kappa shape index (κ3) is 11.2. The van der Waals surface area contributed by atoms with Gasteiger partial charge in [-0.05, 0) is 12.9 Å². The lowest BCUT2D eigenvalue weighted by Gasteiger charge is -1.70. The number of hydrogen-bond acceptors (Lipinski definition) is 1. The zero-order chi connectivity index (χ0) is 3.41. The smallest absolute Gasteiger partial charge is 0.0145 e. The quantitative estimate of drug-likeness (QED) is 0.490. The molecule has 1 unspecified atom stereocenters. The largest absolute Gasteiger partial charge is 0.147 e. The third-order valence-electron chi connectivity index (χ3n) is 0.204. The topological polar surface area (TPSA) is 0 Å². The highest BCUT2D eigenvalue weighted by Crippen LogP contribution is 2.18. The first-order valence-electron chi connectivity index (χ1n) is 1.11. The molecule has 34 valence electrons. The van der Waals surface area contributed by atoms with Gasteiger partial charge >= 0.3 is 0 Å². The summed E-state index contributed by atoms with van der Waals surface area (Å²) in [6.07, 6.45) is 2.11. The number of hydrogen-bond donors (Lipinski definition) is 0. The molecule has 0 aromatic rings. The average Bonchev–Trinajstić information content (AvgIpc) is 1.37. The summed E-state index contributed by atoms with van der Waals surface area (Å²) in [6.45, 7) is 2.17. The van der Waals surface area contributed by atoms with Crippen LogP contribution >= 0.6 is 31.6 Å². The standard InChI is InChI=1S/C2H7PS.ClH/c1-3-4-2;/h3H,1-2H3;1H. The Balaban J connectivity index is 0. The predicted molar refractivity (Wildman–Crippen MR) is 35.0 cm³/mol. The van der Waals surface area contributed by atoms with Crippen molar-refractivity contribution in [3.05, 3.63) is 0 Å². The monoisotopic (exact) mass is 130 g/mol. The molecule has 0 heterocycles. The van der Waals surface area contributed by atoms with Gasteiger partial charge in [-0.15, -0.1) is 23.8 Å². The molecule has 0 saturated heterocycles. The molecular formula is C2H8ClPS. The summed E-state index contributed by atoms with van der Waals surface area (Å²) in [6, 6.07) is 0. The van der Waals surface area contributed by atoms with E-state index in [9.17, 15) is 0 Å². The summed E-state index contributed by atoms with van der Waals surface area (Å²) in [5.41, 5.74) is 0. The average molecular weight is 131 g/mol. The van der Waals surface area contributed by atoms with E-state index in [4.69, 9.17) is 0 Å². The van der Waals surface area contributed by atoms with Crippen molar-refractivity contribution < 1.29 is 0 Å². The van der Waals surface area contributed by atoms with E-state index in [0.29, 0.717) is 0 Å². The SMILES string of the molecule is CPSC.Cl. The Morgan fingerprint density at radius 1 is 1.60 bits per heavy atom. The molecule has 0 bridgehead atoms. The number of rotatable bonds is 1. The van der Waals surface area contributed by atoms with E-state index in [1.807, 2.05) is 11.4 Å². The minimum atomic E-state index is 0. The summed E-state index contributed by atoms with van der Waals surface area (Å²) in [5, 5.41) is 0. The molecule has 0 aromatic carbocycles. The van der Waals surface area contributed by atoms with Crippen LogP contribution in [0.25, 0.3) is 0 Å². The molecule has 0 aliphatic heterocycles. The van der Waals surface area contributed by atoms with Crippen LogP contribution < -0.4 is 0 Å². The molecular weight excluding hydrogens is 123 g/mol. The van der Waals surface area contributed by atoms with E-state index < -0.39 is 0 Å². The van der Waals surface area contributed by atoms with Crippen molar-refractivity contribution in [3.8, 4) is 0 Å². The molecule has 0 aromatic heterocycles. The van der Waals surface area contributed by atoms with Gasteiger partial charge in [0, 0.05) is 0 Å². The highest BCUT2D eigenvalue weighted by atomic mass is 35.5. The molecule has 0 saturated carbocycles. The van der Waals surface area contributed by atoms with Crippen LogP contribution in [-0.4, -0.2) is 12.9 Å². The van der Waals surface area contributed by atoms with Gasteiger partial charge in [-0.1, -0.05) is 7.78 Å². The van der Waals surface area contributed by atoms with Gasteiger partial charge in [0.1, 0.15) is 0 Å². The molecule has 1 atom stereocenters. The fourth-order valence-corrected chi connectivity index (χ4v) is 0. The lowest BCUT2D eigenvalue weighted by atomic mass is 12.0. The van der Waals surface area contributed by atoms with Crippen LogP contribution in [0.5, 0.6) is 0 Å². The van der Waals surface area contributed by atoms with Crippen LogP contribution in [0.1, 0.15) is 0 Å². The third-order valence-corrected chi connectivity index (χ3v) is 1.84. The number of halogens is 1. The molecule has 0 N–H and O–H groups in total. The highest BCUT2D eigenvalue weighted by molar-refractivity contribution is 8.49. The van der Waals surface area contributed by atoms with E-state index in [-0.39, 0.29) is 12.4 Å². The van der Waals surface area contributed by atoms with Gasteiger partial charge < -0.3 is 0 Å². The minimum Gasteiger partial charge on any atom is -0.147 e. The van der Waals surface area contributed by atoms with E-state index >= 15 is 0 Å². The first-order chi connectivity index (χ1) is 1.91. The Labute approximate surface area is 45.0 Å². The second kappa shape index (κ2) is 8.91. The minimum absolute atomic E-state index is 0. The van der Waals surface area contributed by atoms with Gasteiger partial charge in [0.05, 0.1) is 0 Å². The predicted octanol–water partition coefficient (Wildman–Crippen LogP) is 1.99. The van der Waals surface area contributed by atoms with Gasteiger partial charge in [-0.25, -0.2) is 0 Å². The van der Waals surface area contributed by atoms with Gasteiger partial charge in [0.15, 0.2) is 0 Å². The lowest BCUT2D eigenvalue weighted by molar-refractivity contribution is 2.48. The van der Waals surface area contributed by atoms with E-state index in [1.165, 1.54) is 0 Å². The van der Waals surface area contributed by atoms with Gasteiger partial charge in [0.2, 0.25) is 0 Å². The van der Waals surface area contributed by atoms with Crippen molar-refractivity contribution in [2.45, 2.75) is 0 Å². The lowest BCUT2D eigenvalue weighted by Crippen LogP contribution is -1.23. The Bertz CT molecular complexity index is 11.6. The molecule has 0 aliphatic rings. The first-order valence-corrected chi connectivity index (χ1v) is 4.56. The fourth-order valence-electron chi connectivity index (χ4n) is 0. The van der Waals surface area contributed by atoms with Crippen molar-refractivity contribution in [3.63, 3.8) is 0 Å². The Hall–Kier alpha value is 1.07. The summed E-state index contributed by atoms with van der Waals surface area (Å²) >= 11 is 1.88. The van der Waals surface area contributed by atoms with Crippen molar-refractivity contribution in [1.29, 1.82) is 0 Å². The van der Waals surface area contributed by atoms with Crippen molar-refractivity contribution in [2.24, 2.45) is 0 Å². The second-order valence-corrected chi connectivity index (χ2v) is 3.67. The Kier molecular flexibility index (Phi) is 16.8. The maximum Gasteiger partial charge on any atom is -0.0145 e. The Morgan fingerprint density at radius 2 is 1.80 bits per heavy atom. The van der Waals surface area contributed by atoms with Crippen LogP contribution in [0.3, 0.4) is 0 Å². The van der Waals surface area contributed by atoms with Crippen molar-refractivity contribution in [1.82, 2.24) is 0 Å². The van der Waals surface area contributed by atoms with Crippen LogP contribution in [0.2, 0.25) is 0 Å². The zero-order valence-electron chi connectivity index (χ0n) is 3.32. The molecule has 0 fully saturated rings. The summed E-state index contributed by atoms with van der Waals surface area (Å²) < 4.78 is 0. The van der Waals surface area contributed by atoms with Crippen LogP contribution in [-0.2, 0) is 0 Å². The fraction of sp³-hybridized carbons (Fsp3) is 1.00. The van der Waals surface area contributed by atoms with Crippen LogP contribution in [0.4, 0.5) is 0 Å². The molecule has 0 aliphatic carbocycles. The summed E-state index contributed by atoms with van der Waals surface area (Å²) in [5.74, 6) is 0. The van der Waals surface area contributed by atoms with Crippen LogP contribution in [0.15, 0.2) is 0 Å².